The Kier molecular flexibility index (Phi) is 4.73. The lowest BCUT2D eigenvalue weighted by atomic mass is 9.69. The molecule has 1 aromatic rings. The van der Waals surface area contributed by atoms with Gasteiger partial charge in [0.1, 0.15) is 17.1 Å². The summed E-state index contributed by atoms with van der Waals surface area (Å²) in [6.45, 7) is 0.495. The topological polar surface area (TPSA) is 81.8 Å². The van der Waals surface area contributed by atoms with E-state index in [1.165, 1.54) is 13.5 Å². The molecule has 0 bridgehead atoms. The van der Waals surface area contributed by atoms with Crippen LogP contribution in [0.4, 0.5) is 0 Å². The van der Waals surface area contributed by atoms with Crippen molar-refractivity contribution in [3.8, 4) is 11.5 Å². The van der Waals surface area contributed by atoms with E-state index in [9.17, 15) is 9.90 Å². The predicted octanol–water partition coefficient (Wildman–Crippen LogP) is 2.56. The lowest BCUT2D eigenvalue weighted by molar-refractivity contribution is 0.0693. The first-order chi connectivity index (χ1) is 10.1. The molecule has 5 heteroatoms. The summed E-state index contributed by atoms with van der Waals surface area (Å²) < 4.78 is 10.6. The molecule has 116 valence electrons. The molecule has 0 unspecified atom stereocenters. The molecular weight excluding hydrogens is 270 g/mol. The molecule has 0 radical (unpaired) electrons. The fourth-order valence-electron chi connectivity index (χ4n) is 3.29. The quantitative estimate of drug-likeness (QED) is 0.872. The zero-order valence-electron chi connectivity index (χ0n) is 12.6. The highest BCUT2D eigenvalue weighted by Crippen LogP contribution is 2.44. The van der Waals surface area contributed by atoms with Crippen LogP contribution in [0.3, 0.4) is 0 Å². The number of methoxy groups -OCH3 is 2. The van der Waals surface area contributed by atoms with E-state index in [2.05, 4.69) is 0 Å². The minimum absolute atomic E-state index is 0.159. The van der Waals surface area contributed by atoms with Gasteiger partial charge in [0.15, 0.2) is 0 Å². The van der Waals surface area contributed by atoms with Gasteiger partial charge in [0.2, 0.25) is 0 Å². The molecule has 5 nitrogen and oxygen atoms in total. The predicted molar refractivity (Wildman–Crippen MR) is 80.3 cm³/mol. The first kappa shape index (κ1) is 15.6. The molecule has 0 heterocycles. The van der Waals surface area contributed by atoms with Crippen molar-refractivity contribution in [1.82, 2.24) is 0 Å². The number of carbonyl (C=O) groups is 1. The van der Waals surface area contributed by atoms with Gasteiger partial charge < -0.3 is 20.3 Å². The summed E-state index contributed by atoms with van der Waals surface area (Å²) in [5.41, 5.74) is 6.91. The molecule has 1 aliphatic rings. The van der Waals surface area contributed by atoms with Crippen molar-refractivity contribution < 1.29 is 19.4 Å². The molecule has 0 atom stereocenters. The van der Waals surface area contributed by atoms with Gasteiger partial charge in [-0.25, -0.2) is 4.79 Å². The van der Waals surface area contributed by atoms with Gasteiger partial charge >= 0.3 is 5.97 Å². The maximum absolute atomic E-state index is 11.5. The number of aromatic carboxylic acids is 1. The van der Waals surface area contributed by atoms with E-state index in [0.29, 0.717) is 18.0 Å². The zero-order valence-corrected chi connectivity index (χ0v) is 12.6. The minimum atomic E-state index is -1.00. The van der Waals surface area contributed by atoms with Crippen molar-refractivity contribution in [3.05, 3.63) is 23.3 Å². The van der Waals surface area contributed by atoms with Crippen molar-refractivity contribution >= 4 is 5.97 Å². The average Bonchev–Trinajstić information content (AvgIpc) is 2.53. The van der Waals surface area contributed by atoms with Crippen LogP contribution in [0.1, 0.15) is 48.0 Å². The van der Waals surface area contributed by atoms with Gasteiger partial charge in [0.05, 0.1) is 14.2 Å². The van der Waals surface area contributed by atoms with E-state index < -0.39 is 5.97 Å². The second-order valence-electron chi connectivity index (χ2n) is 5.60. The normalized spacial score (nSPS) is 17.3. The molecular formula is C16H23NO4. The molecule has 2 rings (SSSR count). The van der Waals surface area contributed by atoms with Crippen LogP contribution >= 0.6 is 0 Å². The lowest BCUT2D eigenvalue weighted by Gasteiger charge is -2.38. The molecule has 1 fully saturated rings. The number of rotatable bonds is 5. The van der Waals surface area contributed by atoms with Gasteiger partial charge in [-0.05, 0) is 18.9 Å². The molecule has 3 N–H and O–H groups in total. The van der Waals surface area contributed by atoms with E-state index in [0.717, 1.165) is 31.2 Å². The third-order valence-corrected chi connectivity index (χ3v) is 4.52. The van der Waals surface area contributed by atoms with E-state index >= 15 is 0 Å². The van der Waals surface area contributed by atoms with Gasteiger partial charge in [0.25, 0.3) is 0 Å². The molecule has 1 aromatic carbocycles. The molecule has 21 heavy (non-hydrogen) atoms. The van der Waals surface area contributed by atoms with Crippen molar-refractivity contribution in [3.63, 3.8) is 0 Å². The summed E-state index contributed by atoms with van der Waals surface area (Å²) in [6.07, 6.45) is 5.34. The number of carboxylic acid groups (broad SMARTS) is 1. The second-order valence-corrected chi connectivity index (χ2v) is 5.60. The second kappa shape index (κ2) is 6.35. The van der Waals surface area contributed by atoms with Crippen LogP contribution in [0.25, 0.3) is 0 Å². The highest BCUT2D eigenvalue weighted by atomic mass is 16.5. The smallest absolute Gasteiger partial charge is 0.339 e. The Morgan fingerprint density at radius 3 is 2.29 bits per heavy atom. The van der Waals surface area contributed by atoms with Crippen LogP contribution < -0.4 is 15.2 Å². The molecule has 0 aliphatic heterocycles. The first-order valence-electron chi connectivity index (χ1n) is 7.28. The summed E-state index contributed by atoms with van der Waals surface area (Å²) in [7, 11) is 3.05. The highest BCUT2D eigenvalue weighted by molar-refractivity contribution is 5.91. The Morgan fingerprint density at radius 2 is 1.81 bits per heavy atom. The maximum atomic E-state index is 11.5. The fraction of sp³-hybridized carbons (Fsp3) is 0.562. The largest absolute Gasteiger partial charge is 0.496 e. The van der Waals surface area contributed by atoms with Crippen LogP contribution in [0.5, 0.6) is 11.5 Å². The van der Waals surface area contributed by atoms with Crippen LogP contribution in [0.15, 0.2) is 12.1 Å². The number of nitrogens with two attached hydrogens (primary N) is 1. The van der Waals surface area contributed by atoms with Gasteiger partial charge in [-0.3, -0.25) is 0 Å². The molecule has 0 aromatic heterocycles. The Bertz CT molecular complexity index is 521. The van der Waals surface area contributed by atoms with Crippen LogP contribution in [0, 0.1) is 0 Å². The summed E-state index contributed by atoms with van der Waals surface area (Å²) >= 11 is 0. The lowest BCUT2D eigenvalue weighted by Crippen LogP contribution is -2.37. The van der Waals surface area contributed by atoms with E-state index in [-0.39, 0.29) is 11.0 Å². The van der Waals surface area contributed by atoms with E-state index in [4.69, 9.17) is 15.2 Å². The maximum Gasteiger partial charge on any atom is 0.339 e. The number of benzene rings is 1. The zero-order chi connectivity index (χ0) is 15.5. The average molecular weight is 293 g/mol. The fourth-order valence-corrected chi connectivity index (χ4v) is 3.29. The third kappa shape index (κ3) is 2.83. The SMILES string of the molecule is COc1cc(OC)c(C2(CN)CCCCC2)cc1C(=O)O. The van der Waals surface area contributed by atoms with Crippen molar-refractivity contribution in [2.45, 2.75) is 37.5 Å². The Labute approximate surface area is 125 Å². The van der Waals surface area contributed by atoms with Crippen LogP contribution in [0.2, 0.25) is 0 Å². The molecule has 1 saturated carbocycles. The standard InChI is InChI=1S/C16H23NO4/c1-20-13-9-14(21-2)12(8-11(13)15(18)19)16(10-17)6-4-3-5-7-16/h8-9H,3-7,10,17H2,1-2H3,(H,18,19). The summed E-state index contributed by atoms with van der Waals surface area (Å²) in [5.74, 6) is -0.0333. The van der Waals surface area contributed by atoms with Crippen molar-refractivity contribution in [1.29, 1.82) is 0 Å². The summed E-state index contributed by atoms with van der Waals surface area (Å²) in [5, 5.41) is 9.39. The molecule has 0 amide bonds. The van der Waals surface area contributed by atoms with Crippen molar-refractivity contribution in [2.75, 3.05) is 20.8 Å². The monoisotopic (exact) mass is 293 g/mol. The molecule has 0 spiro atoms. The van der Waals surface area contributed by atoms with Crippen LogP contribution in [-0.4, -0.2) is 31.8 Å². The Morgan fingerprint density at radius 1 is 1.19 bits per heavy atom. The van der Waals surface area contributed by atoms with E-state index in [1.807, 2.05) is 0 Å². The van der Waals surface area contributed by atoms with Gasteiger partial charge in [-0.15, -0.1) is 0 Å². The third-order valence-electron chi connectivity index (χ3n) is 4.52. The number of hydrogen-bond acceptors (Lipinski definition) is 4. The summed E-state index contributed by atoms with van der Waals surface area (Å²) in [4.78, 5) is 11.5. The van der Waals surface area contributed by atoms with Gasteiger partial charge in [0, 0.05) is 23.6 Å². The van der Waals surface area contributed by atoms with Crippen molar-refractivity contribution in [2.24, 2.45) is 5.73 Å². The first-order valence-corrected chi connectivity index (χ1v) is 7.28. The Balaban J connectivity index is 2.59. The van der Waals surface area contributed by atoms with Gasteiger partial charge in [-0.1, -0.05) is 19.3 Å². The van der Waals surface area contributed by atoms with E-state index in [1.54, 1.807) is 19.2 Å². The molecule has 1 aliphatic carbocycles. The molecule has 0 saturated heterocycles. The van der Waals surface area contributed by atoms with Gasteiger partial charge in [-0.2, -0.15) is 0 Å². The number of ether oxygens (including phenoxy) is 2. The minimum Gasteiger partial charge on any atom is -0.496 e. The summed E-state index contributed by atoms with van der Waals surface area (Å²) in [6, 6.07) is 3.34. The number of carboxylic acids is 1. The Hall–Kier alpha value is -1.75. The van der Waals surface area contributed by atoms with Crippen LogP contribution in [-0.2, 0) is 5.41 Å². The number of hydrogen-bond donors (Lipinski definition) is 2. The highest BCUT2D eigenvalue weighted by Gasteiger charge is 2.36.